The Balaban J connectivity index is 1.38. The van der Waals surface area contributed by atoms with E-state index in [1.54, 1.807) is 4.90 Å². The van der Waals surface area contributed by atoms with Gasteiger partial charge in [-0.25, -0.2) is 0 Å². The SMILES string of the molecule is CCCN(CCC(N)=O)C(=O)CCCCCN1C(=O)[C@@H]2[C@H](C1=O)[C@H]1C=C[C@@H]2C1. The maximum Gasteiger partial charge on any atom is 0.233 e. The number of allylic oxidation sites excluding steroid dienone is 2. The average Bonchev–Trinajstić information content (AvgIpc) is 3.33. The first-order valence-electron chi connectivity index (χ1n) is 10.5. The zero-order chi connectivity index (χ0) is 20.3. The minimum Gasteiger partial charge on any atom is -0.370 e. The molecule has 2 fully saturated rings. The Kier molecular flexibility index (Phi) is 6.52. The lowest BCUT2D eigenvalue weighted by molar-refractivity contribution is -0.141. The number of carbonyl (C=O) groups is 4. The molecule has 0 aromatic rings. The Morgan fingerprint density at radius 1 is 1.04 bits per heavy atom. The van der Waals surface area contributed by atoms with Crippen LogP contribution in [0.1, 0.15) is 51.9 Å². The van der Waals surface area contributed by atoms with Gasteiger partial charge in [0.05, 0.1) is 11.8 Å². The van der Waals surface area contributed by atoms with Crippen molar-refractivity contribution in [3.8, 4) is 0 Å². The van der Waals surface area contributed by atoms with Gasteiger partial charge in [-0.3, -0.25) is 24.1 Å². The van der Waals surface area contributed by atoms with Crippen LogP contribution in [0, 0.1) is 23.7 Å². The summed E-state index contributed by atoms with van der Waals surface area (Å²) in [5.74, 6) is -0.116. The van der Waals surface area contributed by atoms with Crippen molar-refractivity contribution in [3.05, 3.63) is 12.2 Å². The van der Waals surface area contributed by atoms with Gasteiger partial charge in [0.1, 0.15) is 0 Å². The van der Waals surface area contributed by atoms with Crippen molar-refractivity contribution in [2.24, 2.45) is 29.4 Å². The van der Waals surface area contributed by atoms with E-state index in [0.29, 0.717) is 32.5 Å². The van der Waals surface area contributed by atoms with E-state index in [4.69, 9.17) is 5.73 Å². The Morgan fingerprint density at radius 2 is 1.68 bits per heavy atom. The highest BCUT2D eigenvalue weighted by Gasteiger charge is 2.58. The fourth-order valence-corrected chi connectivity index (χ4v) is 4.94. The van der Waals surface area contributed by atoms with E-state index in [9.17, 15) is 19.2 Å². The molecule has 3 rings (SSSR count). The number of nitrogens with two attached hydrogens (primary N) is 1. The van der Waals surface area contributed by atoms with E-state index >= 15 is 0 Å². The van der Waals surface area contributed by atoms with E-state index < -0.39 is 5.91 Å². The molecule has 0 aromatic heterocycles. The van der Waals surface area contributed by atoms with Crippen LogP contribution in [-0.4, -0.2) is 53.1 Å². The number of carbonyl (C=O) groups excluding carboxylic acids is 4. The summed E-state index contributed by atoms with van der Waals surface area (Å²) in [6.07, 6.45) is 8.82. The summed E-state index contributed by atoms with van der Waals surface area (Å²) in [5, 5.41) is 0. The average molecular weight is 389 g/mol. The molecule has 0 aromatic carbocycles. The molecular weight excluding hydrogens is 358 g/mol. The standard InChI is InChI=1S/C21H31N3O4/c1-2-10-23(12-9-16(22)25)17(26)6-4-3-5-11-24-20(27)18-14-7-8-15(13-14)19(18)21(24)28/h7-8,14-15,18-19H,2-6,9-13H2,1H3,(H2,22,25)/t14-,15+,18+,19-. The maximum absolute atomic E-state index is 12.6. The minimum atomic E-state index is -0.401. The van der Waals surface area contributed by atoms with Gasteiger partial charge >= 0.3 is 0 Å². The number of hydrogen-bond donors (Lipinski definition) is 1. The van der Waals surface area contributed by atoms with Crippen molar-refractivity contribution in [1.82, 2.24) is 9.80 Å². The third-order valence-electron chi connectivity index (χ3n) is 6.31. The molecule has 28 heavy (non-hydrogen) atoms. The van der Waals surface area contributed by atoms with Crippen molar-refractivity contribution in [2.75, 3.05) is 19.6 Å². The van der Waals surface area contributed by atoms with Gasteiger partial charge < -0.3 is 10.6 Å². The molecule has 7 nitrogen and oxygen atoms in total. The monoisotopic (exact) mass is 389 g/mol. The van der Waals surface area contributed by atoms with Gasteiger partial charge in [0.15, 0.2) is 0 Å². The predicted molar refractivity (Wildman–Crippen MR) is 104 cm³/mol. The number of hydrogen-bond acceptors (Lipinski definition) is 4. The van der Waals surface area contributed by atoms with Gasteiger partial charge in [0, 0.05) is 32.5 Å². The van der Waals surface area contributed by atoms with Gasteiger partial charge in [-0.2, -0.15) is 0 Å². The maximum atomic E-state index is 12.6. The number of fused-ring (bicyclic) bond motifs is 5. The van der Waals surface area contributed by atoms with E-state index in [-0.39, 0.29) is 47.8 Å². The molecule has 1 aliphatic heterocycles. The van der Waals surface area contributed by atoms with Crippen molar-refractivity contribution >= 4 is 23.6 Å². The van der Waals surface area contributed by atoms with Crippen molar-refractivity contribution in [2.45, 2.75) is 51.9 Å². The van der Waals surface area contributed by atoms with Crippen LogP contribution in [0.2, 0.25) is 0 Å². The molecule has 2 aliphatic carbocycles. The number of imide groups is 1. The summed E-state index contributed by atoms with van der Waals surface area (Å²) in [6.45, 7) is 3.45. The Labute approximate surface area is 166 Å². The van der Waals surface area contributed by atoms with Crippen LogP contribution in [0.4, 0.5) is 0 Å². The number of nitrogens with zero attached hydrogens (tertiary/aromatic N) is 2. The zero-order valence-electron chi connectivity index (χ0n) is 16.6. The quantitative estimate of drug-likeness (QED) is 0.328. The van der Waals surface area contributed by atoms with Gasteiger partial charge in [0.2, 0.25) is 23.6 Å². The second-order valence-electron chi connectivity index (χ2n) is 8.24. The molecule has 4 atom stereocenters. The van der Waals surface area contributed by atoms with Crippen LogP contribution in [0.15, 0.2) is 12.2 Å². The summed E-state index contributed by atoms with van der Waals surface area (Å²) >= 11 is 0. The minimum absolute atomic E-state index is 0.00324. The topological polar surface area (TPSA) is 101 Å². The van der Waals surface area contributed by atoms with E-state index in [0.717, 1.165) is 25.7 Å². The lowest BCUT2D eigenvalue weighted by atomic mass is 9.85. The first-order valence-corrected chi connectivity index (χ1v) is 10.5. The molecule has 2 N–H and O–H groups in total. The lowest BCUT2D eigenvalue weighted by Gasteiger charge is -2.21. The molecule has 2 bridgehead atoms. The number of rotatable bonds is 11. The van der Waals surface area contributed by atoms with Crippen molar-refractivity contribution < 1.29 is 19.2 Å². The molecule has 7 heteroatoms. The fourth-order valence-electron chi connectivity index (χ4n) is 4.94. The highest BCUT2D eigenvalue weighted by Crippen LogP contribution is 2.52. The summed E-state index contributed by atoms with van der Waals surface area (Å²) < 4.78 is 0. The third kappa shape index (κ3) is 4.13. The molecular formula is C21H31N3O4. The molecule has 0 radical (unpaired) electrons. The molecule has 1 saturated heterocycles. The van der Waals surface area contributed by atoms with Crippen LogP contribution in [0.5, 0.6) is 0 Å². The summed E-state index contributed by atoms with van der Waals surface area (Å²) in [7, 11) is 0. The van der Waals surface area contributed by atoms with E-state index in [2.05, 4.69) is 12.2 Å². The Bertz CT molecular complexity index is 645. The number of likely N-dealkylation sites (tertiary alicyclic amines) is 1. The van der Waals surface area contributed by atoms with Crippen LogP contribution in [0.25, 0.3) is 0 Å². The highest BCUT2D eigenvalue weighted by atomic mass is 16.2. The van der Waals surface area contributed by atoms with Crippen molar-refractivity contribution in [3.63, 3.8) is 0 Å². The molecule has 3 aliphatic rings. The van der Waals surface area contributed by atoms with Crippen molar-refractivity contribution in [1.29, 1.82) is 0 Å². The van der Waals surface area contributed by atoms with Gasteiger partial charge in [-0.05, 0) is 37.5 Å². The van der Waals surface area contributed by atoms with Crippen LogP contribution in [-0.2, 0) is 19.2 Å². The normalized spacial score (nSPS) is 27.5. The molecule has 1 heterocycles. The molecule has 0 unspecified atom stereocenters. The first-order chi connectivity index (χ1) is 13.4. The van der Waals surface area contributed by atoms with Crippen LogP contribution >= 0.6 is 0 Å². The second kappa shape index (κ2) is 8.88. The van der Waals surface area contributed by atoms with E-state index in [1.165, 1.54) is 4.90 Å². The van der Waals surface area contributed by atoms with Gasteiger partial charge in [0.25, 0.3) is 0 Å². The molecule has 4 amide bonds. The zero-order valence-corrected chi connectivity index (χ0v) is 16.6. The summed E-state index contributed by atoms with van der Waals surface area (Å²) in [5.41, 5.74) is 5.17. The Morgan fingerprint density at radius 3 is 2.25 bits per heavy atom. The molecule has 1 saturated carbocycles. The highest BCUT2D eigenvalue weighted by molar-refractivity contribution is 6.06. The summed E-state index contributed by atoms with van der Waals surface area (Å²) in [6, 6.07) is 0. The molecule has 0 spiro atoms. The number of amides is 4. The summed E-state index contributed by atoms with van der Waals surface area (Å²) in [4.78, 5) is 51.7. The third-order valence-corrected chi connectivity index (χ3v) is 6.31. The predicted octanol–water partition coefficient (Wildman–Crippen LogP) is 1.47. The smallest absolute Gasteiger partial charge is 0.233 e. The number of primary amides is 1. The lowest BCUT2D eigenvalue weighted by Crippen LogP contribution is -2.34. The van der Waals surface area contributed by atoms with Gasteiger partial charge in [-0.1, -0.05) is 25.5 Å². The second-order valence-corrected chi connectivity index (χ2v) is 8.24. The fraction of sp³-hybridized carbons (Fsp3) is 0.714. The Hall–Kier alpha value is -2.18. The molecule has 154 valence electrons. The largest absolute Gasteiger partial charge is 0.370 e. The van der Waals surface area contributed by atoms with Gasteiger partial charge in [-0.15, -0.1) is 0 Å². The van der Waals surface area contributed by atoms with E-state index in [1.807, 2.05) is 6.92 Å². The first kappa shape index (κ1) is 20.6. The van der Waals surface area contributed by atoms with Crippen LogP contribution < -0.4 is 5.73 Å². The number of unbranched alkanes of at least 4 members (excludes halogenated alkanes) is 2. The van der Waals surface area contributed by atoms with Crippen LogP contribution in [0.3, 0.4) is 0 Å².